The highest BCUT2D eigenvalue weighted by Crippen LogP contribution is 2.29. The van der Waals surface area contributed by atoms with Gasteiger partial charge in [0.05, 0.1) is 11.4 Å². The number of nitrogens with one attached hydrogen (secondary N) is 1. The Hall–Kier alpha value is -3.04. The summed E-state index contributed by atoms with van der Waals surface area (Å²) in [7, 11) is 0. The quantitative estimate of drug-likeness (QED) is 0.470. The molecule has 0 saturated carbocycles. The average molecular weight is 423 g/mol. The van der Waals surface area contributed by atoms with Gasteiger partial charge >= 0.3 is 0 Å². The second kappa shape index (κ2) is 8.54. The lowest BCUT2D eigenvalue weighted by atomic mass is 10.1. The molecule has 3 heterocycles. The first-order chi connectivity index (χ1) is 14.1. The minimum absolute atomic E-state index is 0.134. The number of thioether (sulfide) groups is 1. The van der Waals surface area contributed by atoms with Crippen molar-refractivity contribution in [1.29, 1.82) is 0 Å². The fraction of sp³-hybridized carbons (Fsp3) is 0.150. The minimum Gasteiger partial charge on any atom is -0.301 e. The van der Waals surface area contributed by atoms with E-state index in [1.807, 2.05) is 22.1 Å². The molecule has 4 rings (SSSR count). The van der Waals surface area contributed by atoms with Crippen LogP contribution in [0.1, 0.15) is 11.1 Å². The van der Waals surface area contributed by atoms with Gasteiger partial charge in [-0.2, -0.15) is 0 Å². The van der Waals surface area contributed by atoms with Gasteiger partial charge in [0, 0.05) is 29.5 Å². The van der Waals surface area contributed by atoms with Crippen molar-refractivity contribution in [3.8, 4) is 17.1 Å². The summed E-state index contributed by atoms with van der Waals surface area (Å²) < 4.78 is 1.99. The first-order valence-electron chi connectivity index (χ1n) is 8.87. The van der Waals surface area contributed by atoms with Crippen LogP contribution in [0.2, 0.25) is 0 Å². The van der Waals surface area contributed by atoms with Crippen molar-refractivity contribution in [3.05, 3.63) is 65.4 Å². The number of carbonyl (C=O) groups is 1. The Kier molecular flexibility index (Phi) is 5.68. The fourth-order valence-electron chi connectivity index (χ4n) is 2.90. The minimum atomic E-state index is -0.134. The van der Waals surface area contributed by atoms with E-state index in [-0.39, 0.29) is 11.7 Å². The summed E-state index contributed by atoms with van der Waals surface area (Å²) in [5, 5.41) is 14.6. The molecule has 0 bridgehead atoms. The molecule has 0 aliphatic carbocycles. The normalized spacial score (nSPS) is 10.8. The molecule has 0 radical (unpaired) electrons. The van der Waals surface area contributed by atoms with Crippen LogP contribution in [-0.4, -0.2) is 36.4 Å². The molecule has 4 aromatic rings. The van der Waals surface area contributed by atoms with Crippen molar-refractivity contribution in [2.45, 2.75) is 19.0 Å². The summed E-state index contributed by atoms with van der Waals surface area (Å²) in [6, 6.07) is 10.0. The van der Waals surface area contributed by atoms with Gasteiger partial charge in [0.25, 0.3) is 0 Å². The number of hydrogen-bond acceptors (Lipinski definition) is 7. The molecule has 146 valence electrons. The summed E-state index contributed by atoms with van der Waals surface area (Å²) in [4.78, 5) is 20.5. The largest absolute Gasteiger partial charge is 0.301 e. The highest BCUT2D eigenvalue weighted by Gasteiger charge is 2.18. The van der Waals surface area contributed by atoms with Gasteiger partial charge in [0.1, 0.15) is 0 Å². The van der Waals surface area contributed by atoms with Crippen LogP contribution in [-0.2, 0) is 4.79 Å². The molecule has 0 aliphatic rings. The van der Waals surface area contributed by atoms with Crippen molar-refractivity contribution in [2.24, 2.45) is 0 Å². The first kappa shape index (κ1) is 19.3. The van der Waals surface area contributed by atoms with Crippen LogP contribution in [0.4, 0.5) is 5.13 Å². The topological polar surface area (TPSA) is 85.6 Å². The summed E-state index contributed by atoms with van der Waals surface area (Å²) in [6.45, 7) is 4.12. The maximum atomic E-state index is 12.3. The van der Waals surface area contributed by atoms with E-state index in [4.69, 9.17) is 0 Å². The standard InChI is InChI=1S/C20H18N6OS2/c1-13-3-4-16(14(2)11-13)26-18(15-5-7-21-8-6-15)24-25-20(26)29-12-17(27)23-19-22-9-10-28-19/h3-11H,12H2,1-2H3,(H,22,23,27). The van der Waals surface area contributed by atoms with Crippen LogP contribution in [0.5, 0.6) is 0 Å². The van der Waals surface area contributed by atoms with Crippen LogP contribution in [0, 0.1) is 13.8 Å². The van der Waals surface area contributed by atoms with E-state index in [9.17, 15) is 4.79 Å². The molecule has 7 nitrogen and oxygen atoms in total. The molecule has 1 aromatic carbocycles. The van der Waals surface area contributed by atoms with Crippen molar-refractivity contribution >= 4 is 34.1 Å². The van der Waals surface area contributed by atoms with Crippen molar-refractivity contribution in [3.63, 3.8) is 0 Å². The molecule has 3 aromatic heterocycles. The number of thiazole rings is 1. The summed E-state index contributed by atoms with van der Waals surface area (Å²) >= 11 is 2.72. The molecule has 0 fully saturated rings. The number of carbonyl (C=O) groups excluding carboxylic acids is 1. The zero-order valence-electron chi connectivity index (χ0n) is 15.9. The second-order valence-electron chi connectivity index (χ2n) is 6.34. The summed E-state index contributed by atoms with van der Waals surface area (Å²) in [5.41, 5.74) is 4.18. The molecule has 1 N–H and O–H groups in total. The van der Waals surface area contributed by atoms with Gasteiger partial charge in [-0.25, -0.2) is 4.98 Å². The predicted octanol–water partition coefficient (Wildman–Crippen LogP) is 4.13. The van der Waals surface area contributed by atoms with Gasteiger partial charge < -0.3 is 5.32 Å². The number of benzene rings is 1. The lowest BCUT2D eigenvalue weighted by molar-refractivity contribution is -0.113. The zero-order chi connectivity index (χ0) is 20.2. The third kappa shape index (κ3) is 4.36. The zero-order valence-corrected chi connectivity index (χ0v) is 17.5. The van der Waals surface area contributed by atoms with Crippen molar-refractivity contribution in [2.75, 3.05) is 11.1 Å². The van der Waals surface area contributed by atoms with Gasteiger partial charge in [-0.15, -0.1) is 21.5 Å². The Morgan fingerprint density at radius 3 is 2.69 bits per heavy atom. The molecule has 0 saturated heterocycles. The van der Waals surface area contributed by atoms with E-state index in [1.165, 1.54) is 28.7 Å². The van der Waals surface area contributed by atoms with Crippen molar-refractivity contribution in [1.82, 2.24) is 24.7 Å². The highest BCUT2D eigenvalue weighted by atomic mass is 32.2. The van der Waals surface area contributed by atoms with Crippen LogP contribution >= 0.6 is 23.1 Å². The monoisotopic (exact) mass is 422 g/mol. The van der Waals surface area contributed by atoms with Crippen LogP contribution in [0.15, 0.2) is 59.5 Å². The number of amides is 1. The number of rotatable bonds is 6. The van der Waals surface area contributed by atoms with E-state index < -0.39 is 0 Å². The maximum absolute atomic E-state index is 12.3. The Bertz CT molecular complexity index is 1130. The number of pyridine rings is 1. The number of nitrogens with zero attached hydrogens (tertiary/aromatic N) is 5. The third-order valence-electron chi connectivity index (χ3n) is 4.18. The Morgan fingerprint density at radius 1 is 1.14 bits per heavy atom. The van der Waals surface area contributed by atoms with Gasteiger partial charge in [-0.3, -0.25) is 14.3 Å². The predicted molar refractivity (Wildman–Crippen MR) is 116 cm³/mol. The van der Waals surface area contributed by atoms with Gasteiger partial charge in [-0.1, -0.05) is 29.5 Å². The van der Waals surface area contributed by atoms with Gasteiger partial charge in [0.2, 0.25) is 5.91 Å². The lowest BCUT2D eigenvalue weighted by Crippen LogP contribution is -2.14. The van der Waals surface area contributed by atoms with Crippen LogP contribution < -0.4 is 5.32 Å². The first-order valence-corrected chi connectivity index (χ1v) is 10.7. The molecule has 9 heteroatoms. The molecule has 29 heavy (non-hydrogen) atoms. The van der Waals surface area contributed by atoms with Gasteiger partial charge in [0.15, 0.2) is 16.1 Å². The van der Waals surface area contributed by atoms with E-state index in [1.54, 1.807) is 18.6 Å². The lowest BCUT2D eigenvalue weighted by Gasteiger charge is -2.13. The van der Waals surface area contributed by atoms with E-state index in [0.717, 1.165) is 16.8 Å². The fourth-order valence-corrected chi connectivity index (χ4v) is 4.19. The number of hydrogen-bond donors (Lipinski definition) is 1. The van der Waals surface area contributed by atoms with Gasteiger partial charge in [-0.05, 0) is 37.6 Å². The molecular formula is C20H18N6OS2. The Labute approximate surface area is 176 Å². The average Bonchev–Trinajstić information content (AvgIpc) is 3.37. The number of aromatic nitrogens is 5. The SMILES string of the molecule is Cc1ccc(-n2c(SCC(=O)Nc3nccs3)nnc2-c2ccncc2)c(C)c1. The summed E-state index contributed by atoms with van der Waals surface area (Å²) in [5.74, 6) is 0.784. The van der Waals surface area contributed by atoms with E-state index >= 15 is 0 Å². The smallest absolute Gasteiger partial charge is 0.236 e. The highest BCUT2D eigenvalue weighted by molar-refractivity contribution is 7.99. The molecule has 0 unspecified atom stereocenters. The van der Waals surface area contributed by atoms with E-state index in [0.29, 0.717) is 16.1 Å². The molecule has 1 amide bonds. The molecule has 0 atom stereocenters. The molecular weight excluding hydrogens is 404 g/mol. The van der Waals surface area contributed by atoms with Crippen molar-refractivity contribution < 1.29 is 4.79 Å². The molecule has 0 spiro atoms. The Morgan fingerprint density at radius 2 is 1.97 bits per heavy atom. The number of aryl methyl sites for hydroxylation is 2. The Balaban J connectivity index is 1.66. The van der Waals surface area contributed by atoms with E-state index in [2.05, 4.69) is 57.5 Å². The van der Waals surface area contributed by atoms with Crippen LogP contribution in [0.25, 0.3) is 17.1 Å². The second-order valence-corrected chi connectivity index (χ2v) is 8.18. The maximum Gasteiger partial charge on any atom is 0.236 e. The van der Waals surface area contributed by atoms with Crippen LogP contribution in [0.3, 0.4) is 0 Å². The number of anilines is 1. The third-order valence-corrected chi connectivity index (χ3v) is 5.79. The summed E-state index contributed by atoms with van der Waals surface area (Å²) in [6.07, 6.45) is 5.11. The molecule has 0 aliphatic heterocycles.